The molecule has 0 aromatic carbocycles. The highest BCUT2D eigenvalue weighted by Gasteiger charge is 2.31. The van der Waals surface area contributed by atoms with E-state index in [9.17, 15) is 0 Å². The van der Waals surface area contributed by atoms with E-state index in [-0.39, 0.29) is 5.50 Å². The van der Waals surface area contributed by atoms with E-state index in [2.05, 4.69) is 26.8 Å². The molecule has 1 unspecified atom stereocenters. The number of hydrogen-bond acceptors (Lipinski definition) is 3. The predicted octanol–water partition coefficient (Wildman–Crippen LogP) is 2.55. The van der Waals surface area contributed by atoms with Gasteiger partial charge in [0.2, 0.25) is 0 Å². The van der Waals surface area contributed by atoms with Crippen LogP contribution in [-0.4, -0.2) is 15.9 Å². The molecule has 80 valence electrons. The van der Waals surface area contributed by atoms with E-state index in [0.29, 0.717) is 6.04 Å². The van der Waals surface area contributed by atoms with Crippen LogP contribution in [0.5, 0.6) is 0 Å². The zero-order chi connectivity index (χ0) is 10.4. The molecule has 0 saturated heterocycles. The first kappa shape index (κ1) is 9.21. The molecule has 0 amide bonds. The van der Waals surface area contributed by atoms with E-state index in [4.69, 9.17) is 11.6 Å². The number of nitrogens with zero attached hydrogens (tertiary/aromatic N) is 3. The maximum Gasteiger partial charge on any atom is 0.170 e. The Labute approximate surface area is 93.4 Å². The molecule has 1 aliphatic heterocycles. The van der Waals surface area contributed by atoms with Crippen LogP contribution in [0.4, 0.5) is 5.82 Å². The largest absolute Gasteiger partial charge is 0.331 e. The molecule has 2 heterocycles. The van der Waals surface area contributed by atoms with Gasteiger partial charge in [0.05, 0.1) is 12.7 Å². The number of alkyl halides is 1. The molecule has 1 saturated carbocycles. The van der Waals surface area contributed by atoms with Gasteiger partial charge in [0, 0.05) is 6.04 Å². The topological polar surface area (TPSA) is 42.2 Å². The van der Waals surface area contributed by atoms with Crippen LogP contribution in [-0.2, 0) is 0 Å². The number of hydrogen-bond donors (Lipinski definition) is 1. The van der Waals surface area contributed by atoms with Gasteiger partial charge in [-0.2, -0.15) is 0 Å². The molecule has 2 aliphatic rings. The van der Waals surface area contributed by atoms with Crippen LogP contribution in [0.25, 0.3) is 0 Å². The molecule has 1 aliphatic carbocycles. The number of aliphatic imine (C=N–C) groups is 1. The molecule has 0 spiro atoms. The van der Waals surface area contributed by atoms with Crippen LogP contribution in [0, 0.1) is 5.92 Å². The molecule has 0 radical (unpaired) electrons. The van der Waals surface area contributed by atoms with Gasteiger partial charge in [0.25, 0.3) is 0 Å². The Morgan fingerprint density at radius 3 is 3.07 bits per heavy atom. The van der Waals surface area contributed by atoms with Crippen molar-refractivity contribution in [3.05, 3.63) is 12.0 Å². The number of anilines is 1. The normalized spacial score (nSPS) is 33.1. The van der Waals surface area contributed by atoms with Crippen molar-refractivity contribution < 1.29 is 0 Å². The molecule has 5 heteroatoms. The summed E-state index contributed by atoms with van der Waals surface area (Å²) in [5.74, 6) is 1.85. The van der Waals surface area contributed by atoms with Gasteiger partial charge in [-0.25, -0.2) is 9.98 Å². The van der Waals surface area contributed by atoms with Crippen molar-refractivity contribution in [2.45, 2.75) is 31.3 Å². The van der Waals surface area contributed by atoms with Gasteiger partial charge in [0.15, 0.2) is 5.50 Å². The minimum Gasteiger partial charge on any atom is -0.331 e. The van der Waals surface area contributed by atoms with Gasteiger partial charge in [-0.3, -0.25) is 0 Å². The summed E-state index contributed by atoms with van der Waals surface area (Å²) in [5.41, 5.74) is 0.513. The number of rotatable bonds is 1. The average Bonchev–Trinajstić information content (AvgIpc) is 2.58. The summed E-state index contributed by atoms with van der Waals surface area (Å²) in [6.45, 7) is 2.28. The molecule has 1 atom stereocenters. The fraction of sp³-hybridized carbons (Fsp3) is 0.600. The van der Waals surface area contributed by atoms with Crippen LogP contribution in [0.15, 0.2) is 11.3 Å². The van der Waals surface area contributed by atoms with Gasteiger partial charge in [-0.1, -0.05) is 18.5 Å². The minimum atomic E-state index is -0.333. The van der Waals surface area contributed by atoms with Crippen molar-refractivity contribution >= 4 is 23.8 Å². The first-order valence-electron chi connectivity index (χ1n) is 5.24. The molecule has 4 nitrogen and oxygen atoms in total. The summed E-state index contributed by atoms with van der Waals surface area (Å²) < 4.78 is 2.19. The second kappa shape index (κ2) is 3.23. The summed E-state index contributed by atoms with van der Waals surface area (Å²) in [7, 11) is 0. The highest BCUT2D eigenvalue weighted by atomic mass is 35.5. The summed E-state index contributed by atoms with van der Waals surface area (Å²) in [4.78, 5) is 8.38. The molecule has 1 aromatic heterocycles. The van der Waals surface area contributed by atoms with E-state index < -0.39 is 0 Å². The smallest absolute Gasteiger partial charge is 0.170 e. The summed E-state index contributed by atoms with van der Waals surface area (Å²) in [6.07, 6.45) is 5.99. The third kappa shape index (κ3) is 1.35. The van der Waals surface area contributed by atoms with E-state index in [1.165, 1.54) is 12.8 Å². The lowest BCUT2D eigenvalue weighted by molar-refractivity contribution is 0.218. The molecule has 0 bridgehead atoms. The predicted molar refractivity (Wildman–Crippen MR) is 60.4 cm³/mol. The van der Waals surface area contributed by atoms with Crippen LogP contribution in [0.3, 0.4) is 0 Å². The number of imidazole rings is 1. The Balaban J connectivity index is 1.92. The second-order valence-corrected chi connectivity index (χ2v) is 4.79. The van der Waals surface area contributed by atoms with E-state index in [1.54, 1.807) is 6.34 Å². The lowest BCUT2D eigenvalue weighted by Gasteiger charge is -2.34. The van der Waals surface area contributed by atoms with Crippen molar-refractivity contribution in [1.82, 2.24) is 9.55 Å². The van der Waals surface area contributed by atoms with Gasteiger partial charge in [-0.05, 0) is 18.8 Å². The molecule has 1 fully saturated rings. The van der Waals surface area contributed by atoms with Gasteiger partial charge < -0.3 is 9.88 Å². The van der Waals surface area contributed by atoms with Crippen LogP contribution >= 0.6 is 11.6 Å². The average molecular weight is 225 g/mol. The number of fused-ring (bicyclic) bond motifs is 1. The zero-order valence-corrected chi connectivity index (χ0v) is 9.28. The summed E-state index contributed by atoms with van der Waals surface area (Å²) in [6, 6.07) is 0.583. The Morgan fingerprint density at radius 2 is 2.33 bits per heavy atom. The Kier molecular flexibility index (Phi) is 1.99. The molecule has 3 rings (SSSR count). The number of aromatic nitrogens is 2. The van der Waals surface area contributed by atoms with Crippen LogP contribution < -0.4 is 5.32 Å². The van der Waals surface area contributed by atoms with Gasteiger partial charge >= 0.3 is 0 Å². The van der Waals surface area contributed by atoms with E-state index in [0.717, 1.165) is 17.4 Å². The fourth-order valence-electron chi connectivity index (χ4n) is 2.30. The second-order valence-electron chi connectivity index (χ2n) is 4.37. The lowest BCUT2D eigenvalue weighted by atomic mass is 9.82. The third-order valence-corrected chi connectivity index (χ3v) is 3.52. The van der Waals surface area contributed by atoms with Crippen LogP contribution in [0.2, 0.25) is 0 Å². The minimum absolute atomic E-state index is 0.333. The first-order valence-corrected chi connectivity index (χ1v) is 5.68. The lowest BCUT2D eigenvalue weighted by Crippen LogP contribution is -2.25. The SMILES string of the molecule is CC1CC(n2cnc3c2NC=NC3Cl)C1. The Hall–Kier alpha value is -1.03. The first-order chi connectivity index (χ1) is 7.25. The highest BCUT2D eigenvalue weighted by Crippen LogP contribution is 2.41. The molecular formula is C10H13ClN4. The molecule has 1 aromatic rings. The number of nitrogens with one attached hydrogen (secondary N) is 1. The van der Waals surface area contributed by atoms with E-state index in [1.807, 2.05) is 6.33 Å². The van der Waals surface area contributed by atoms with Crippen LogP contribution in [0.1, 0.15) is 37.0 Å². The maximum absolute atomic E-state index is 6.04. The highest BCUT2D eigenvalue weighted by molar-refractivity contribution is 6.21. The summed E-state index contributed by atoms with van der Waals surface area (Å²) >= 11 is 6.04. The van der Waals surface area contributed by atoms with Gasteiger partial charge in [0.1, 0.15) is 11.5 Å². The van der Waals surface area contributed by atoms with E-state index >= 15 is 0 Å². The van der Waals surface area contributed by atoms with Crippen molar-refractivity contribution in [2.24, 2.45) is 10.9 Å². The van der Waals surface area contributed by atoms with Crippen molar-refractivity contribution in [3.8, 4) is 0 Å². The standard InChI is InChI=1S/C10H13ClN4/c1-6-2-7(3-6)15-5-14-8-9(11)12-4-13-10(8)15/h4-7,9H,2-3H2,1H3,(H,12,13). The quantitative estimate of drug-likeness (QED) is 0.589. The zero-order valence-electron chi connectivity index (χ0n) is 8.52. The maximum atomic E-state index is 6.04. The van der Waals surface area contributed by atoms with Crippen molar-refractivity contribution in [1.29, 1.82) is 0 Å². The van der Waals surface area contributed by atoms with Crippen molar-refractivity contribution in [2.75, 3.05) is 5.32 Å². The molecular weight excluding hydrogens is 212 g/mol. The monoisotopic (exact) mass is 224 g/mol. The van der Waals surface area contributed by atoms with Crippen molar-refractivity contribution in [3.63, 3.8) is 0 Å². The third-order valence-electron chi connectivity index (χ3n) is 3.20. The molecule has 1 N–H and O–H groups in total. The Bertz CT molecular complexity index is 406. The fourth-order valence-corrected chi connectivity index (χ4v) is 2.51. The Morgan fingerprint density at radius 1 is 1.53 bits per heavy atom. The summed E-state index contributed by atoms with van der Waals surface area (Å²) in [5, 5.41) is 3.13. The molecule has 15 heavy (non-hydrogen) atoms. The number of halogens is 1. The van der Waals surface area contributed by atoms with Gasteiger partial charge in [-0.15, -0.1) is 0 Å².